The van der Waals surface area contributed by atoms with Crippen molar-refractivity contribution >= 4 is 10.8 Å². The van der Waals surface area contributed by atoms with Crippen molar-refractivity contribution in [1.29, 1.82) is 0 Å². The molecular formula is C30H28FNO3. The zero-order chi connectivity index (χ0) is 23.8. The minimum absolute atomic E-state index is 0.220. The van der Waals surface area contributed by atoms with E-state index in [0.717, 1.165) is 51.7 Å². The molecule has 1 fully saturated rings. The number of piperidine rings is 1. The second-order valence-electron chi connectivity index (χ2n) is 9.42. The van der Waals surface area contributed by atoms with E-state index in [1.807, 2.05) is 42.5 Å². The molecule has 178 valence electrons. The number of phenols is 1. The van der Waals surface area contributed by atoms with Crippen molar-refractivity contribution in [2.24, 2.45) is 0 Å². The fraction of sp³-hybridized carbons (Fsp3) is 0.267. The van der Waals surface area contributed by atoms with Gasteiger partial charge in [0.2, 0.25) is 0 Å². The highest BCUT2D eigenvalue weighted by molar-refractivity contribution is 5.95. The molecule has 0 aromatic heterocycles. The maximum absolute atomic E-state index is 14.1. The quantitative estimate of drug-likeness (QED) is 0.340. The van der Waals surface area contributed by atoms with Crippen molar-refractivity contribution in [1.82, 2.24) is 5.32 Å². The minimum Gasteiger partial charge on any atom is -0.508 e. The molecule has 1 saturated heterocycles. The summed E-state index contributed by atoms with van der Waals surface area (Å²) in [6.07, 6.45) is 4.36. The zero-order valence-electron chi connectivity index (χ0n) is 19.5. The first-order valence-corrected chi connectivity index (χ1v) is 12.3. The van der Waals surface area contributed by atoms with E-state index in [1.54, 1.807) is 18.2 Å². The summed E-state index contributed by atoms with van der Waals surface area (Å²) in [4.78, 5) is 0. The number of rotatable bonds is 5. The highest BCUT2D eigenvalue weighted by atomic mass is 19.1. The van der Waals surface area contributed by atoms with Crippen LogP contribution in [0.1, 0.15) is 42.9 Å². The van der Waals surface area contributed by atoms with Crippen molar-refractivity contribution in [3.8, 4) is 28.4 Å². The molecular weight excluding hydrogens is 441 g/mol. The third kappa shape index (κ3) is 4.32. The number of fused-ring (bicyclic) bond motifs is 5. The van der Waals surface area contributed by atoms with E-state index >= 15 is 0 Å². The van der Waals surface area contributed by atoms with Crippen LogP contribution in [0.15, 0.2) is 72.8 Å². The van der Waals surface area contributed by atoms with Gasteiger partial charge >= 0.3 is 0 Å². The Bertz CT molecular complexity index is 1360. The molecule has 5 heteroatoms. The van der Waals surface area contributed by atoms with E-state index in [2.05, 4.69) is 5.32 Å². The van der Waals surface area contributed by atoms with Gasteiger partial charge in [-0.2, -0.15) is 0 Å². The average Bonchev–Trinajstić information content (AvgIpc) is 2.88. The molecule has 2 unspecified atom stereocenters. The standard InChI is InChI=1S/C30H28FNO3/c31-21-7-12-26-27-11-6-20-17-23(33)8-13-25(20)29(27)30(35-28(26)18-21)19-4-9-24(10-5-19)34-16-14-22-3-1-2-15-32-22/h4-13,17-18,22,30,32-33H,1-3,14-16H2. The molecule has 4 aromatic rings. The summed E-state index contributed by atoms with van der Waals surface area (Å²) in [6, 6.07) is 22.6. The SMILES string of the molecule is Oc1ccc2c3c(ccc2c1)-c1ccc(F)cc1OC3c1ccc(OCCC2CCCCN2)cc1. The lowest BCUT2D eigenvalue weighted by atomic mass is 9.86. The van der Waals surface area contributed by atoms with E-state index in [0.29, 0.717) is 18.4 Å². The molecule has 2 heterocycles. The van der Waals surface area contributed by atoms with Crippen molar-refractivity contribution in [2.75, 3.05) is 13.2 Å². The topological polar surface area (TPSA) is 50.7 Å². The van der Waals surface area contributed by atoms with Gasteiger partial charge < -0.3 is 19.9 Å². The van der Waals surface area contributed by atoms with E-state index in [1.165, 1.54) is 31.4 Å². The average molecular weight is 470 g/mol. The Hall–Kier alpha value is -3.57. The summed E-state index contributed by atoms with van der Waals surface area (Å²) in [5.74, 6) is 1.25. The maximum Gasteiger partial charge on any atom is 0.150 e. The van der Waals surface area contributed by atoms with Crippen LogP contribution in [-0.4, -0.2) is 24.3 Å². The molecule has 2 N–H and O–H groups in total. The Kier molecular flexibility index (Phi) is 5.78. The zero-order valence-corrected chi connectivity index (χ0v) is 19.5. The van der Waals surface area contributed by atoms with Gasteiger partial charge in [0.1, 0.15) is 23.1 Å². The molecule has 0 saturated carbocycles. The van der Waals surface area contributed by atoms with E-state index in [4.69, 9.17) is 9.47 Å². The smallest absolute Gasteiger partial charge is 0.150 e. The van der Waals surface area contributed by atoms with Gasteiger partial charge in [0.25, 0.3) is 0 Å². The van der Waals surface area contributed by atoms with Gasteiger partial charge in [-0.3, -0.25) is 0 Å². The van der Waals surface area contributed by atoms with Gasteiger partial charge in [-0.15, -0.1) is 0 Å². The highest BCUT2D eigenvalue weighted by Gasteiger charge is 2.29. The van der Waals surface area contributed by atoms with Gasteiger partial charge in [0.05, 0.1) is 6.61 Å². The minimum atomic E-state index is -0.409. The largest absolute Gasteiger partial charge is 0.508 e. The van der Waals surface area contributed by atoms with Crippen LogP contribution in [0.25, 0.3) is 21.9 Å². The van der Waals surface area contributed by atoms with Crippen LogP contribution in [0, 0.1) is 5.82 Å². The van der Waals surface area contributed by atoms with Crippen LogP contribution in [0.3, 0.4) is 0 Å². The Morgan fingerprint density at radius 3 is 2.63 bits per heavy atom. The number of benzene rings is 4. The molecule has 4 aromatic carbocycles. The summed E-state index contributed by atoms with van der Waals surface area (Å²) in [6.45, 7) is 1.78. The summed E-state index contributed by atoms with van der Waals surface area (Å²) in [7, 11) is 0. The van der Waals surface area contributed by atoms with Crippen LogP contribution in [0.4, 0.5) is 4.39 Å². The third-order valence-corrected chi connectivity index (χ3v) is 7.12. The van der Waals surface area contributed by atoms with Gasteiger partial charge in [-0.1, -0.05) is 36.8 Å². The predicted octanol–water partition coefficient (Wildman–Crippen LogP) is 6.74. The molecule has 2 atom stereocenters. The summed E-state index contributed by atoms with van der Waals surface area (Å²) >= 11 is 0. The maximum atomic E-state index is 14.1. The summed E-state index contributed by atoms with van der Waals surface area (Å²) < 4.78 is 26.5. The number of aromatic hydroxyl groups is 1. The number of hydrogen-bond donors (Lipinski definition) is 2. The summed E-state index contributed by atoms with van der Waals surface area (Å²) in [5.41, 5.74) is 3.85. The molecule has 0 bridgehead atoms. The number of nitrogens with one attached hydrogen (secondary N) is 1. The van der Waals surface area contributed by atoms with Gasteiger partial charge in [-0.25, -0.2) is 4.39 Å². The van der Waals surface area contributed by atoms with Crippen LogP contribution >= 0.6 is 0 Å². The number of ether oxygens (including phenoxy) is 2. The van der Waals surface area contributed by atoms with E-state index < -0.39 is 6.10 Å². The second kappa shape index (κ2) is 9.23. The van der Waals surface area contributed by atoms with Crippen LogP contribution in [0.2, 0.25) is 0 Å². The van der Waals surface area contributed by atoms with Crippen LogP contribution in [0.5, 0.6) is 17.2 Å². The molecule has 4 nitrogen and oxygen atoms in total. The molecule has 2 aliphatic heterocycles. The van der Waals surface area contributed by atoms with Crippen LogP contribution < -0.4 is 14.8 Å². The number of hydrogen-bond acceptors (Lipinski definition) is 4. The summed E-state index contributed by atoms with van der Waals surface area (Å²) in [5, 5.41) is 15.5. The van der Waals surface area contributed by atoms with Gasteiger partial charge in [0, 0.05) is 23.2 Å². The second-order valence-corrected chi connectivity index (χ2v) is 9.42. The van der Waals surface area contributed by atoms with Crippen molar-refractivity contribution < 1.29 is 19.0 Å². The fourth-order valence-corrected chi connectivity index (χ4v) is 5.32. The van der Waals surface area contributed by atoms with E-state index in [-0.39, 0.29) is 11.6 Å². The monoisotopic (exact) mass is 469 g/mol. The third-order valence-electron chi connectivity index (χ3n) is 7.12. The van der Waals surface area contributed by atoms with Crippen molar-refractivity contribution in [3.63, 3.8) is 0 Å². The molecule has 0 radical (unpaired) electrons. The lowest BCUT2D eigenvalue weighted by Crippen LogP contribution is -2.35. The molecule has 2 aliphatic rings. The highest BCUT2D eigenvalue weighted by Crippen LogP contribution is 2.48. The van der Waals surface area contributed by atoms with E-state index in [9.17, 15) is 9.50 Å². The van der Waals surface area contributed by atoms with Crippen molar-refractivity contribution in [2.45, 2.75) is 37.8 Å². The number of halogens is 1. The molecule has 6 rings (SSSR count). The molecule has 0 spiro atoms. The molecule has 35 heavy (non-hydrogen) atoms. The lowest BCUT2D eigenvalue weighted by Gasteiger charge is -2.30. The van der Waals surface area contributed by atoms with Crippen LogP contribution in [-0.2, 0) is 0 Å². The lowest BCUT2D eigenvalue weighted by molar-refractivity contribution is 0.243. The first kappa shape index (κ1) is 21.9. The van der Waals surface area contributed by atoms with Gasteiger partial charge in [0.15, 0.2) is 6.10 Å². The first-order valence-electron chi connectivity index (χ1n) is 12.3. The molecule has 0 aliphatic carbocycles. The predicted molar refractivity (Wildman–Crippen MR) is 136 cm³/mol. The Labute approximate surface area is 204 Å². The fourth-order valence-electron chi connectivity index (χ4n) is 5.32. The Morgan fingerprint density at radius 2 is 1.80 bits per heavy atom. The first-order chi connectivity index (χ1) is 17.2. The van der Waals surface area contributed by atoms with Crippen molar-refractivity contribution in [3.05, 3.63) is 89.7 Å². The Balaban J connectivity index is 1.31. The number of phenolic OH excluding ortho intramolecular Hbond substituents is 1. The molecule has 0 amide bonds. The van der Waals surface area contributed by atoms with Gasteiger partial charge in [-0.05, 0) is 84.1 Å². The normalized spacial score (nSPS) is 19.0. The Morgan fingerprint density at radius 1 is 0.943 bits per heavy atom.